The van der Waals surface area contributed by atoms with Crippen LogP contribution in [0.15, 0.2) is 24.3 Å². The summed E-state index contributed by atoms with van der Waals surface area (Å²) >= 11 is 0. The minimum atomic E-state index is -4.37. The van der Waals surface area contributed by atoms with E-state index in [9.17, 15) is 19.0 Å². The smallest absolute Gasteiger partial charge is 0.462 e. The highest BCUT2D eigenvalue weighted by molar-refractivity contribution is 7.47. The number of ether oxygens (including phenoxy) is 2. The first-order valence-electron chi connectivity index (χ1n) is 22.1. The van der Waals surface area contributed by atoms with Gasteiger partial charge in [-0.2, -0.15) is 0 Å². The molecule has 0 aromatic rings. The predicted molar refractivity (Wildman–Crippen MR) is 224 cm³/mol. The van der Waals surface area contributed by atoms with Crippen molar-refractivity contribution in [1.29, 1.82) is 0 Å². The van der Waals surface area contributed by atoms with Crippen LogP contribution >= 0.6 is 7.82 Å². The Morgan fingerprint density at radius 3 is 1.50 bits per heavy atom. The van der Waals surface area contributed by atoms with Crippen molar-refractivity contribution in [2.45, 2.75) is 200 Å². The summed E-state index contributed by atoms with van der Waals surface area (Å²) in [5.41, 5.74) is 0. The number of quaternary nitrogens is 1. The SMILES string of the molecule is CCCCC/C=C/C/C=C/CCCCCCCCCC(=O)O[C@H](COC(=O)CCCCCCCCCCCCCCC)COP(=O)(O)OCC[N+](C)(C)C. The van der Waals surface area contributed by atoms with Gasteiger partial charge in [-0.1, -0.05) is 160 Å². The molecule has 0 fully saturated rings. The van der Waals surface area contributed by atoms with Crippen molar-refractivity contribution in [2.75, 3.05) is 47.5 Å². The van der Waals surface area contributed by atoms with Gasteiger partial charge in [0.25, 0.3) is 0 Å². The number of rotatable bonds is 40. The van der Waals surface area contributed by atoms with Gasteiger partial charge in [-0.25, -0.2) is 4.57 Å². The Morgan fingerprint density at radius 2 is 1.00 bits per heavy atom. The Morgan fingerprint density at radius 1 is 0.574 bits per heavy atom. The van der Waals surface area contributed by atoms with Gasteiger partial charge < -0.3 is 18.9 Å². The summed E-state index contributed by atoms with van der Waals surface area (Å²) in [7, 11) is 1.48. The molecule has 0 bridgehead atoms. The van der Waals surface area contributed by atoms with Gasteiger partial charge in [0.05, 0.1) is 27.7 Å². The second-order valence-corrected chi connectivity index (χ2v) is 17.5. The molecule has 54 heavy (non-hydrogen) atoms. The summed E-state index contributed by atoms with van der Waals surface area (Å²) in [6, 6.07) is 0. The van der Waals surface area contributed by atoms with E-state index in [1.165, 1.54) is 109 Å². The lowest BCUT2D eigenvalue weighted by atomic mass is 10.0. The van der Waals surface area contributed by atoms with Crippen LogP contribution in [0.2, 0.25) is 0 Å². The Balaban J connectivity index is 4.36. The van der Waals surface area contributed by atoms with E-state index in [1.807, 2.05) is 21.1 Å². The highest BCUT2D eigenvalue weighted by Crippen LogP contribution is 2.43. The Labute approximate surface area is 332 Å². The third-order valence-corrected chi connectivity index (χ3v) is 10.5. The third kappa shape index (κ3) is 40.2. The van der Waals surface area contributed by atoms with Crippen LogP contribution < -0.4 is 0 Å². The summed E-state index contributed by atoms with van der Waals surface area (Å²) in [5, 5.41) is 0. The van der Waals surface area contributed by atoms with Gasteiger partial charge in [0, 0.05) is 12.8 Å². The number of unbranched alkanes of at least 4 members (excludes halogenated alkanes) is 22. The minimum Gasteiger partial charge on any atom is -0.462 e. The van der Waals surface area contributed by atoms with Crippen LogP contribution in [0.5, 0.6) is 0 Å². The number of hydrogen-bond donors (Lipinski definition) is 1. The van der Waals surface area contributed by atoms with Crippen LogP contribution in [0.1, 0.15) is 194 Å². The van der Waals surface area contributed by atoms with E-state index >= 15 is 0 Å². The molecule has 0 radical (unpaired) electrons. The molecule has 0 aliphatic rings. The van der Waals surface area contributed by atoms with E-state index in [-0.39, 0.29) is 25.6 Å². The maximum absolute atomic E-state index is 12.7. The Bertz CT molecular complexity index is 980. The van der Waals surface area contributed by atoms with Crippen molar-refractivity contribution in [3.8, 4) is 0 Å². The topological polar surface area (TPSA) is 108 Å². The van der Waals surface area contributed by atoms with Crippen molar-refractivity contribution >= 4 is 19.8 Å². The Hall–Kier alpha value is -1.51. The molecule has 0 saturated heterocycles. The maximum Gasteiger partial charge on any atom is 0.472 e. The van der Waals surface area contributed by atoms with Crippen LogP contribution in [0.3, 0.4) is 0 Å². The number of likely N-dealkylation sites (N-methyl/N-ethyl adjacent to an activating group) is 1. The van der Waals surface area contributed by atoms with Crippen LogP contribution in [-0.4, -0.2) is 74.9 Å². The highest BCUT2D eigenvalue weighted by atomic mass is 31.2. The molecule has 0 aliphatic carbocycles. The lowest BCUT2D eigenvalue weighted by Crippen LogP contribution is -2.37. The predicted octanol–water partition coefficient (Wildman–Crippen LogP) is 12.4. The van der Waals surface area contributed by atoms with Crippen molar-refractivity contribution in [2.24, 2.45) is 0 Å². The third-order valence-electron chi connectivity index (χ3n) is 9.48. The molecule has 1 N–H and O–H groups in total. The molecule has 0 aliphatic heterocycles. The summed E-state index contributed by atoms with van der Waals surface area (Å²) in [5.74, 6) is -0.802. The number of phosphoric acid groups is 1. The lowest BCUT2D eigenvalue weighted by Gasteiger charge is -2.24. The molecule has 0 rings (SSSR count). The Kier molecular flexibility index (Phi) is 36.1. The number of allylic oxidation sites excluding steroid dienone is 4. The molecular weight excluding hydrogens is 701 g/mol. The molecule has 0 amide bonds. The second-order valence-electron chi connectivity index (χ2n) is 16.1. The van der Waals surface area contributed by atoms with Crippen molar-refractivity contribution in [3.05, 3.63) is 24.3 Å². The van der Waals surface area contributed by atoms with Crippen molar-refractivity contribution in [3.63, 3.8) is 0 Å². The molecule has 0 saturated carbocycles. The van der Waals surface area contributed by atoms with Gasteiger partial charge in [0.15, 0.2) is 6.10 Å². The minimum absolute atomic E-state index is 0.0318. The van der Waals surface area contributed by atoms with Crippen LogP contribution in [-0.2, 0) is 32.7 Å². The molecule has 0 heterocycles. The van der Waals surface area contributed by atoms with E-state index < -0.39 is 26.5 Å². The van der Waals surface area contributed by atoms with E-state index in [4.69, 9.17) is 18.5 Å². The average Bonchev–Trinajstić information content (AvgIpc) is 3.12. The molecule has 2 atom stereocenters. The van der Waals surface area contributed by atoms with Crippen molar-refractivity contribution in [1.82, 2.24) is 0 Å². The molecule has 9 nitrogen and oxygen atoms in total. The van der Waals surface area contributed by atoms with E-state index in [0.29, 0.717) is 23.9 Å². The van der Waals surface area contributed by atoms with Gasteiger partial charge in [-0.05, 0) is 44.9 Å². The van der Waals surface area contributed by atoms with Gasteiger partial charge in [-0.15, -0.1) is 0 Å². The van der Waals surface area contributed by atoms with Crippen LogP contribution in [0.25, 0.3) is 0 Å². The van der Waals surface area contributed by atoms with Crippen LogP contribution in [0, 0.1) is 0 Å². The van der Waals surface area contributed by atoms with Gasteiger partial charge in [0.1, 0.15) is 19.8 Å². The fraction of sp³-hybridized carbons (Fsp3) is 0.864. The first kappa shape index (κ1) is 52.5. The van der Waals surface area contributed by atoms with E-state index in [2.05, 4.69) is 38.2 Å². The number of nitrogens with zero attached hydrogens (tertiary/aromatic N) is 1. The van der Waals surface area contributed by atoms with E-state index in [0.717, 1.165) is 51.4 Å². The second kappa shape index (κ2) is 37.1. The quantitative estimate of drug-likeness (QED) is 0.0215. The molecule has 1 unspecified atom stereocenters. The zero-order valence-electron chi connectivity index (χ0n) is 35.7. The lowest BCUT2D eigenvalue weighted by molar-refractivity contribution is -0.870. The van der Waals surface area contributed by atoms with Crippen LogP contribution in [0.4, 0.5) is 0 Å². The highest BCUT2D eigenvalue weighted by Gasteiger charge is 2.27. The standard InChI is InChI=1S/C44H84NO8P/c1-6-8-10-12-14-16-18-20-21-22-23-25-27-29-31-33-35-37-44(47)53-42(41-52-54(48,49)51-39-38-45(3,4)5)40-50-43(46)36-34-32-30-28-26-24-19-17-15-13-11-9-7-2/h14,16,20-21,42H,6-13,15,17-19,22-41H2,1-5H3/p+1/b16-14+,21-20+/t42-/m1/s1. The first-order chi connectivity index (χ1) is 26.0. The molecular formula is C44H85NO8P+. The largest absolute Gasteiger partial charge is 0.472 e. The van der Waals surface area contributed by atoms with Gasteiger partial charge in [0.2, 0.25) is 0 Å². The molecule has 318 valence electrons. The summed E-state index contributed by atoms with van der Waals surface area (Å²) in [6.07, 6.45) is 39.3. The maximum atomic E-state index is 12.7. The monoisotopic (exact) mass is 787 g/mol. The number of phosphoric ester groups is 1. The fourth-order valence-corrected chi connectivity index (χ4v) is 6.73. The van der Waals surface area contributed by atoms with E-state index in [1.54, 1.807) is 0 Å². The number of carbonyl (C=O) groups excluding carboxylic acids is 2. The summed E-state index contributed by atoms with van der Waals surface area (Å²) in [4.78, 5) is 35.3. The summed E-state index contributed by atoms with van der Waals surface area (Å²) < 4.78 is 34.3. The van der Waals surface area contributed by atoms with Crippen molar-refractivity contribution < 1.29 is 42.1 Å². The summed E-state index contributed by atoms with van der Waals surface area (Å²) in [6.45, 7) is 4.40. The number of esters is 2. The van der Waals surface area contributed by atoms with Gasteiger partial charge >= 0.3 is 19.8 Å². The molecule has 10 heteroatoms. The molecule has 0 aromatic carbocycles. The zero-order chi connectivity index (χ0) is 40.0. The zero-order valence-corrected chi connectivity index (χ0v) is 36.6. The molecule has 0 aromatic heterocycles. The number of carbonyl (C=O) groups is 2. The number of hydrogen-bond acceptors (Lipinski definition) is 7. The fourth-order valence-electron chi connectivity index (χ4n) is 5.99. The normalized spacial score (nSPS) is 13.8. The first-order valence-corrected chi connectivity index (χ1v) is 23.6. The van der Waals surface area contributed by atoms with Gasteiger partial charge in [-0.3, -0.25) is 18.6 Å². The average molecular weight is 787 g/mol. The molecule has 0 spiro atoms.